The van der Waals surface area contributed by atoms with E-state index >= 15 is 0 Å². The van der Waals surface area contributed by atoms with Gasteiger partial charge in [0.1, 0.15) is 11.4 Å². The Balaban J connectivity index is 1.40. The predicted octanol–water partition coefficient (Wildman–Crippen LogP) is 5.00. The van der Waals surface area contributed by atoms with Crippen molar-refractivity contribution in [3.05, 3.63) is 64.4 Å². The molecule has 0 bridgehead atoms. The van der Waals surface area contributed by atoms with Gasteiger partial charge >= 0.3 is 6.09 Å². The van der Waals surface area contributed by atoms with Crippen molar-refractivity contribution in [2.75, 3.05) is 0 Å². The van der Waals surface area contributed by atoms with Crippen LogP contribution in [0, 0.1) is 24.4 Å². The van der Waals surface area contributed by atoms with E-state index in [1.807, 2.05) is 23.7 Å². The smallest absolute Gasteiger partial charge is 0.407 e. The third kappa shape index (κ3) is 4.78. The number of nitrogens with one attached hydrogen (secondary N) is 1. The van der Waals surface area contributed by atoms with Gasteiger partial charge in [0.15, 0.2) is 17.3 Å². The summed E-state index contributed by atoms with van der Waals surface area (Å²) in [4.78, 5) is 19.5. The summed E-state index contributed by atoms with van der Waals surface area (Å²) in [5.74, 6) is -3.67. The fourth-order valence-corrected chi connectivity index (χ4v) is 5.45. The molecule has 10 heteroatoms. The van der Waals surface area contributed by atoms with E-state index < -0.39 is 41.1 Å². The van der Waals surface area contributed by atoms with Crippen LogP contribution in [0.25, 0.3) is 5.65 Å². The summed E-state index contributed by atoms with van der Waals surface area (Å²) in [6.07, 6.45) is 2.96. The number of benzene rings is 1. The first kappa shape index (κ1) is 24.5. The Hall–Kier alpha value is -3.14. The van der Waals surface area contributed by atoms with Crippen LogP contribution in [0.1, 0.15) is 68.5 Å². The van der Waals surface area contributed by atoms with E-state index in [1.165, 1.54) is 0 Å². The van der Waals surface area contributed by atoms with Crippen LogP contribution >= 0.6 is 0 Å². The van der Waals surface area contributed by atoms with Gasteiger partial charge in [0.25, 0.3) is 0 Å². The maximum absolute atomic E-state index is 14.7. The van der Waals surface area contributed by atoms with Gasteiger partial charge in [-0.3, -0.25) is 4.90 Å². The zero-order chi connectivity index (χ0) is 25.8. The molecule has 0 saturated heterocycles. The molecule has 0 spiro atoms. The van der Waals surface area contributed by atoms with Gasteiger partial charge in [0.05, 0.1) is 11.4 Å². The van der Waals surface area contributed by atoms with Gasteiger partial charge in [0.2, 0.25) is 0 Å². The lowest BCUT2D eigenvalue weighted by Crippen LogP contribution is -2.49. The molecule has 3 atom stereocenters. The molecule has 36 heavy (non-hydrogen) atoms. The number of carbonyl (C=O) groups excluding carboxylic acids is 1. The van der Waals surface area contributed by atoms with Crippen molar-refractivity contribution < 1.29 is 22.7 Å². The van der Waals surface area contributed by atoms with Crippen molar-refractivity contribution in [1.82, 2.24) is 24.8 Å². The number of amides is 1. The number of aromatic nitrogens is 3. The molecule has 1 aliphatic heterocycles. The van der Waals surface area contributed by atoms with Crippen LogP contribution in [-0.2, 0) is 17.8 Å². The molecule has 3 aromatic rings. The van der Waals surface area contributed by atoms with Crippen LogP contribution in [0.5, 0.6) is 0 Å². The number of carbonyl (C=O) groups is 1. The molecule has 192 valence electrons. The Labute approximate surface area is 207 Å². The molecule has 1 fully saturated rings. The molecule has 1 N–H and O–H groups in total. The summed E-state index contributed by atoms with van der Waals surface area (Å²) in [6, 6.07) is 2.97. The highest BCUT2D eigenvalue weighted by molar-refractivity contribution is 5.68. The second-order valence-corrected chi connectivity index (χ2v) is 10.8. The van der Waals surface area contributed by atoms with Crippen LogP contribution in [-0.4, -0.2) is 43.3 Å². The highest BCUT2D eigenvalue weighted by Crippen LogP contribution is 2.39. The number of fused-ring (bicyclic) bond motifs is 3. The van der Waals surface area contributed by atoms with Crippen LogP contribution in [0.3, 0.4) is 0 Å². The number of halogens is 3. The zero-order valence-corrected chi connectivity index (χ0v) is 20.8. The van der Waals surface area contributed by atoms with Gasteiger partial charge in [-0.1, -0.05) is 0 Å². The van der Waals surface area contributed by atoms with Gasteiger partial charge in [-0.2, -0.15) is 5.10 Å². The van der Waals surface area contributed by atoms with Crippen LogP contribution < -0.4 is 5.32 Å². The Kier molecular flexibility index (Phi) is 6.18. The lowest BCUT2D eigenvalue weighted by molar-refractivity contribution is 0.0450. The van der Waals surface area contributed by atoms with Crippen molar-refractivity contribution in [1.29, 1.82) is 0 Å². The van der Waals surface area contributed by atoms with Crippen molar-refractivity contribution >= 4 is 11.7 Å². The van der Waals surface area contributed by atoms with E-state index in [9.17, 15) is 18.0 Å². The SMILES string of the molecule is Cc1cc2ncc3c(n2n1)CN([C@@H]1CC[C@H](c2cc(F)c(F)cc2F)[C@@H](NC(=O)OC(C)(C)C)C1)C3. The molecule has 1 aliphatic carbocycles. The Morgan fingerprint density at radius 1 is 1.08 bits per heavy atom. The van der Waals surface area contributed by atoms with E-state index in [0.717, 1.165) is 28.7 Å². The minimum absolute atomic E-state index is 0.0658. The van der Waals surface area contributed by atoms with Gasteiger partial charge in [-0.05, 0) is 58.6 Å². The maximum atomic E-state index is 14.7. The first-order valence-corrected chi connectivity index (χ1v) is 12.2. The summed E-state index contributed by atoms with van der Waals surface area (Å²) in [6.45, 7) is 8.57. The molecule has 0 unspecified atom stereocenters. The molecule has 3 heterocycles. The maximum Gasteiger partial charge on any atom is 0.407 e. The topological polar surface area (TPSA) is 71.8 Å². The summed E-state index contributed by atoms with van der Waals surface area (Å²) >= 11 is 0. The van der Waals surface area contributed by atoms with Gasteiger partial charge in [-0.25, -0.2) is 27.5 Å². The average molecular weight is 502 g/mol. The number of aryl methyl sites for hydroxylation is 1. The van der Waals surface area contributed by atoms with Gasteiger partial charge < -0.3 is 10.1 Å². The van der Waals surface area contributed by atoms with E-state index in [4.69, 9.17) is 4.74 Å². The molecule has 2 aromatic heterocycles. The number of rotatable bonds is 3. The average Bonchev–Trinajstić information content (AvgIpc) is 3.38. The first-order chi connectivity index (χ1) is 17.0. The van der Waals surface area contributed by atoms with Gasteiger partial charge in [0, 0.05) is 55.0 Å². The number of ether oxygens (including phenoxy) is 1. The molecular formula is C26H30F3N5O2. The summed E-state index contributed by atoms with van der Waals surface area (Å²) < 4.78 is 49.7. The minimum Gasteiger partial charge on any atom is -0.444 e. The summed E-state index contributed by atoms with van der Waals surface area (Å²) in [5, 5.41) is 7.47. The highest BCUT2D eigenvalue weighted by atomic mass is 19.2. The van der Waals surface area contributed by atoms with Crippen molar-refractivity contribution in [3.63, 3.8) is 0 Å². The first-order valence-electron chi connectivity index (χ1n) is 12.2. The third-order valence-electron chi connectivity index (χ3n) is 7.00. The second-order valence-electron chi connectivity index (χ2n) is 10.8. The number of alkyl carbamates (subject to hydrolysis) is 1. The third-order valence-corrected chi connectivity index (χ3v) is 7.00. The second kappa shape index (κ2) is 9.06. The van der Waals surface area contributed by atoms with Crippen molar-refractivity contribution in [2.24, 2.45) is 0 Å². The molecule has 7 nitrogen and oxygen atoms in total. The minimum atomic E-state index is -1.23. The fourth-order valence-electron chi connectivity index (χ4n) is 5.45. The number of hydrogen-bond acceptors (Lipinski definition) is 5. The Bertz CT molecular complexity index is 1320. The van der Waals surface area contributed by atoms with E-state index in [2.05, 4.69) is 20.3 Å². The van der Waals surface area contributed by atoms with E-state index in [0.29, 0.717) is 38.4 Å². The lowest BCUT2D eigenvalue weighted by Gasteiger charge is -2.40. The Morgan fingerprint density at radius 3 is 2.58 bits per heavy atom. The predicted molar refractivity (Wildman–Crippen MR) is 127 cm³/mol. The molecule has 1 aromatic carbocycles. The summed E-state index contributed by atoms with van der Waals surface area (Å²) in [5.41, 5.74) is 3.23. The van der Waals surface area contributed by atoms with Crippen LogP contribution in [0.4, 0.5) is 18.0 Å². The highest BCUT2D eigenvalue weighted by Gasteiger charge is 2.39. The van der Waals surface area contributed by atoms with E-state index in [-0.39, 0.29) is 11.6 Å². The molecule has 1 amide bonds. The quantitative estimate of drug-likeness (QED) is 0.512. The van der Waals surface area contributed by atoms with Crippen LogP contribution in [0.15, 0.2) is 24.4 Å². The number of nitrogens with zero attached hydrogens (tertiary/aromatic N) is 4. The normalized spacial score (nSPS) is 22.6. The Morgan fingerprint density at radius 2 is 1.83 bits per heavy atom. The molecule has 0 radical (unpaired) electrons. The van der Waals surface area contributed by atoms with Crippen molar-refractivity contribution in [2.45, 2.75) is 83.6 Å². The standard InChI is InChI=1S/C26H30F3N5O2/c1-14-7-24-30-11-15-12-33(13-23(15)34(24)32-14)16-5-6-17(18-9-20(28)21(29)10-19(18)27)22(8-16)31-25(35)36-26(2,3)4/h7,9-11,16-17,22H,5-6,8,12-13H2,1-4H3,(H,31,35)/t16-,17-,22+/m1/s1. The largest absolute Gasteiger partial charge is 0.444 e. The fraction of sp³-hybridized carbons (Fsp3) is 0.500. The van der Waals surface area contributed by atoms with Crippen molar-refractivity contribution in [3.8, 4) is 0 Å². The van der Waals surface area contributed by atoms with Crippen LogP contribution in [0.2, 0.25) is 0 Å². The molecule has 2 aliphatic rings. The monoisotopic (exact) mass is 501 g/mol. The number of hydrogen-bond donors (Lipinski definition) is 1. The molecule has 5 rings (SSSR count). The van der Waals surface area contributed by atoms with E-state index in [1.54, 1.807) is 20.8 Å². The van der Waals surface area contributed by atoms with Gasteiger partial charge in [-0.15, -0.1) is 0 Å². The lowest BCUT2D eigenvalue weighted by atomic mass is 9.77. The zero-order valence-electron chi connectivity index (χ0n) is 20.8. The molecular weight excluding hydrogens is 471 g/mol. The summed E-state index contributed by atoms with van der Waals surface area (Å²) in [7, 11) is 0. The molecule has 1 saturated carbocycles.